The lowest BCUT2D eigenvalue weighted by molar-refractivity contribution is 0.423. The number of nitrogens with zero attached hydrogens (tertiary/aromatic N) is 5. The molecule has 5 nitrogen and oxygen atoms in total. The molecule has 4 aromatic heterocycles. The van der Waals surface area contributed by atoms with Gasteiger partial charge < -0.3 is 18.3 Å². The van der Waals surface area contributed by atoms with E-state index in [-0.39, 0.29) is 16.6 Å². The van der Waals surface area contributed by atoms with E-state index in [4.69, 9.17) is 11.7 Å². The minimum Gasteiger partial charge on any atom is -0.335 e. The molecule has 0 spiro atoms. The quantitative estimate of drug-likeness (QED) is 0.163. The van der Waals surface area contributed by atoms with Gasteiger partial charge >= 0.3 is 0 Å². The lowest BCUT2D eigenvalue weighted by atomic mass is 10.0. The molecule has 0 amide bonds. The molecule has 0 atom stereocenters. The van der Waals surface area contributed by atoms with Crippen molar-refractivity contribution in [1.82, 2.24) is 18.3 Å². The van der Waals surface area contributed by atoms with E-state index in [1.807, 2.05) is 30.3 Å². The van der Waals surface area contributed by atoms with E-state index in [2.05, 4.69) is 287 Å². The van der Waals surface area contributed by atoms with Gasteiger partial charge in [0.05, 0.1) is 44.9 Å². The average molecular weight is 1040 g/mol. The Labute approximate surface area is 469 Å². The Morgan fingerprint density at radius 3 is 1.16 bits per heavy atom. The van der Waals surface area contributed by atoms with Crippen molar-refractivity contribution in [3.8, 4) is 46.4 Å². The number of para-hydroxylation sites is 6. The van der Waals surface area contributed by atoms with Crippen molar-refractivity contribution in [3.05, 3.63) is 236 Å². The van der Waals surface area contributed by atoms with Crippen LogP contribution in [0.1, 0.15) is 73.4 Å². The Kier molecular flexibility index (Phi) is 12.6. The molecule has 14 aromatic rings. The van der Waals surface area contributed by atoms with Gasteiger partial charge in [0.2, 0.25) is 0 Å². The van der Waals surface area contributed by atoms with Crippen molar-refractivity contribution in [2.45, 2.75) is 78.9 Å². The van der Waals surface area contributed by atoms with Gasteiger partial charge in [0.25, 0.3) is 0 Å². The smallest absolute Gasteiger partial charge is 0.0991 e. The summed E-state index contributed by atoms with van der Waals surface area (Å²) >= 11 is 0. The third-order valence-corrected chi connectivity index (χ3v) is 15.5. The summed E-state index contributed by atoms with van der Waals surface area (Å²) in [5, 5.41) is 19.2. The van der Waals surface area contributed by atoms with Crippen molar-refractivity contribution in [1.29, 1.82) is 5.26 Å². The zero-order valence-corrected chi connectivity index (χ0v) is 47.2. The second-order valence-electron chi connectivity index (χ2n) is 23.9. The molecule has 0 saturated heterocycles. The highest BCUT2D eigenvalue weighted by atomic mass is 15.1. The first kappa shape index (κ1) is 51.2. The highest BCUT2D eigenvalue weighted by molar-refractivity contribution is 6.17. The Morgan fingerprint density at radius 2 is 0.700 bits per heavy atom. The summed E-state index contributed by atoms with van der Waals surface area (Å²) in [6.45, 7) is 20.3. The van der Waals surface area contributed by atoms with E-state index in [1.165, 1.54) is 93.4 Å². The average Bonchev–Trinajstić information content (AvgIpc) is 4.35. The first-order valence-corrected chi connectivity index (χ1v) is 27.7. The van der Waals surface area contributed by atoms with Gasteiger partial charge in [0, 0.05) is 92.9 Å². The minimum absolute atomic E-state index is 0.0454. The molecule has 0 aliphatic rings. The van der Waals surface area contributed by atoms with Crippen molar-refractivity contribution in [2.75, 3.05) is 0 Å². The lowest BCUT2D eigenvalue weighted by Crippen LogP contribution is -2.22. The molecule has 0 aliphatic carbocycles. The molecule has 0 unspecified atom stereocenters. The van der Waals surface area contributed by atoms with Crippen LogP contribution in [0, 0.1) is 23.7 Å². The van der Waals surface area contributed by atoms with Crippen LogP contribution in [0.4, 0.5) is 0 Å². The van der Waals surface area contributed by atoms with Crippen LogP contribution in [-0.2, 0) is 16.6 Å². The van der Waals surface area contributed by atoms with Gasteiger partial charge in [0.1, 0.15) is 0 Å². The van der Waals surface area contributed by atoms with Gasteiger partial charge in [-0.3, -0.25) is 0 Å². The summed E-state index contributed by atoms with van der Waals surface area (Å²) in [4.78, 5) is 0. The molecule has 0 bridgehead atoms. The van der Waals surface area contributed by atoms with E-state index in [0.717, 1.165) is 27.4 Å². The summed E-state index contributed by atoms with van der Waals surface area (Å²) in [5.41, 5.74) is 17.7. The standard InChI is InChI=1S/C28H24N2.C28H25N.C19H16N2/c1-28(2,3)30-25-17-9-6-13-21(25)22-14-10-18-26(27(22)30)29-23-15-7-4-11-19(23)20-12-5-8-16-24(20)29;1-28(2,3)29-26-22(20-12-6-4-7-13-20)16-10-18-24(26)25-19-11-17-23(27(25)29)21-14-8-5-9-15-21;1-5-13-6-8-17-15(10-13)16-11-14(12-20)7-9-18(16)21(17)19(2,3)4/h4-18H,1-3H3;4-19H,1-3H3;1,6-11H,2-4H3. The van der Waals surface area contributed by atoms with Crippen LogP contribution in [0.3, 0.4) is 0 Å². The Balaban J connectivity index is 0.000000122. The van der Waals surface area contributed by atoms with Gasteiger partial charge in [-0.2, -0.15) is 5.26 Å². The monoisotopic (exact) mass is 1040 g/mol. The number of terminal acetylenes is 1. The number of fused-ring (bicyclic) bond motifs is 12. The van der Waals surface area contributed by atoms with Crippen LogP contribution >= 0.6 is 0 Å². The fourth-order valence-corrected chi connectivity index (χ4v) is 12.5. The van der Waals surface area contributed by atoms with E-state index in [0.29, 0.717) is 5.56 Å². The van der Waals surface area contributed by atoms with Crippen LogP contribution in [-0.4, -0.2) is 18.3 Å². The normalized spacial score (nSPS) is 12.0. The summed E-state index contributed by atoms with van der Waals surface area (Å²) in [6.07, 6.45) is 5.52. The summed E-state index contributed by atoms with van der Waals surface area (Å²) in [5.74, 6) is 2.69. The maximum absolute atomic E-state index is 9.15. The van der Waals surface area contributed by atoms with Crippen molar-refractivity contribution in [3.63, 3.8) is 0 Å². The lowest BCUT2D eigenvalue weighted by Gasteiger charge is -2.26. The van der Waals surface area contributed by atoms with Gasteiger partial charge in [-0.1, -0.05) is 170 Å². The first-order chi connectivity index (χ1) is 38.6. The van der Waals surface area contributed by atoms with Crippen LogP contribution in [0.2, 0.25) is 0 Å². The van der Waals surface area contributed by atoms with Gasteiger partial charge in [-0.05, 0) is 134 Å². The fourth-order valence-electron chi connectivity index (χ4n) is 12.5. The minimum atomic E-state index is -0.0598. The van der Waals surface area contributed by atoms with E-state index < -0.39 is 0 Å². The molecule has 0 fully saturated rings. The summed E-state index contributed by atoms with van der Waals surface area (Å²) < 4.78 is 9.80. The molecular formula is C75H65N5. The number of aromatic nitrogens is 4. The molecule has 0 saturated carbocycles. The van der Waals surface area contributed by atoms with Gasteiger partial charge in [-0.15, -0.1) is 6.42 Å². The fraction of sp³-hybridized carbons (Fsp3) is 0.160. The summed E-state index contributed by atoms with van der Waals surface area (Å²) in [6, 6.07) is 81.9. The molecule has 80 heavy (non-hydrogen) atoms. The molecule has 5 heteroatoms. The first-order valence-electron chi connectivity index (χ1n) is 27.7. The number of hydrogen-bond acceptors (Lipinski definition) is 1. The van der Waals surface area contributed by atoms with Crippen LogP contribution in [0.25, 0.3) is 115 Å². The highest BCUT2D eigenvalue weighted by Crippen LogP contribution is 2.44. The highest BCUT2D eigenvalue weighted by Gasteiger charge is 2.27. The second-order valence-corrected chi connectivity index (χ2v) is 23.9. The Morgan fingerprint density at radius 1 is 0.325 bits per heavy atom. The van der Waals surface area contributed by atoms with Crippen LogP contribution in [0.5, 0.6) is 0 Å². The Bertz CT molecular complexity index is 4550. The number of nitriles is 1. The molecule has 0 aliphatic heterocycles. The van der Waals surface area contributed by atoms with E-state index in [9.17, 15) is 0 Å². The topological polar surface area (TPSA) is 43.5 Å². The van der Waals surface area contributed by atoms with Gasteiger partial charge in [-0.25, -0.2) is 0 Å². The van der Waals surface area contributed by atoms with E-state index in [1.54, 1.807) is 0 Å². The van der Waals surface area contributed by atoms with Crippen LogP contribution in [0.15, 0.2) is 224 Å². The molecule has 0 N–H and O–H groups in total. The van der Waals surface area contributed by atoms with Crippen LogP contribution < -0.4 is 0 Å². The largest absolute Gasteiger partial charge is 0.335 e. The van der Waals surface area contributed by atoms with Gasteiger partial charge in [0.15, 0.2) is 0 Å². The third kappa shape index (κ3) is 8.68. The molecule has 14 rings (SSSR count). The molecule has 390 valence electrons. The second kappa shape index (κ2) is 19.7. The zero-order chi connectivity index (χ0) is 55.7. The SMILES string of the molecule is C#Cc1ccc2c(c1)c1cc(C#N)ccc1n2C(C)(C)C.CC(C)(C)n1c2c(-c3ccccc3)cccc2c2cccc(-c3ccccc3)c21.CC(C)(C)n1c2ccccc2c2cccc(-n3c4ccccc4c4ccccc43)c21. The predicted octanol–water partition coefficient (Wildman–Crippen LogP) is 19.9. The number of rotatable bonds is 3. The maximum Gasteiger partial charge on any atom is 0.0991 e. The van der Waals surface area contributed by atoms with Crippen molar-refractivity contribution < 1.29 is 0 Å². The predicted molar refractivity (Wildman–Crippen MR) is 341 cm³/mol. The third-order valence-electron chi connectivity index (χ3n) is 15.5. The molecular weight excluding hydrogens is 971 g/mol. The molecule has 10 aromatic carbocycles. The molecule has 0 radical (unpaired) electrons. The number of benzene rings is 10. The number of hydrogen-bond donors (Lipinski definition) is 0. The summed E-state index contributed by atoms with van der Waals surface area (Å²) in [7, 11) is 0. The van der Waals surface area contributed by atoms with Crippen molar-refractivity contribution in [2.24, 2.45) is 0 Å². The Hall–Kier alpha value is -9.55. The van der Waals surface area contributed by atoms with E-state index >= 15 is 0 Å². The maximum atomic E-state index is 9.15. The zero-order valence-electron chi connectivity index (χ0n) is 47.2. The van der Waals surface area contributed by atoms with Crippen molar-refractivity contribution >= 4 is 87.2 Å². The molecule has 4 heterocycles.